The molecule has 0 fully saturated rings. The van der Waals surface area contributed by atoms with Crippen molar-refractivity contribution >= 4 is 28.7 Å². The minimum absolute atomic E-state index is 0.359. The highest BCUT2D eigenvalue weighted by Gasteiger charge is 2.12. The summed E-state index contributed by atoms with van der Waals surface area (Å²) >= 11 is 0. The quantitative estimate of drug-likeness (QED) is 0.520. The van der Waals surface area contributed by atoms with Gasteiger partial charge in [-0.3, -0.25) is 0 Å². The number of hydrogen-bond acceptors (Lipinski definition) is 4. The first-order valence-corrected chi connectivity index (χ1v) is 6.32. The molecule has 19 heavy (non-hydrogen) atoms. The van der Waals surface area contributed by atoms with Crippen molar-refractivity contribution in [1.29, 1.82) is 0 Å². The predicted octanol–water partition coefficient (Wildman–Crippen LogP) is 3.15. The number of para-hydroxylation sites is 1. The summed E-state index contributed by atoms with van der Waals surface area (Å²) < 4.78 is 10.6. The number of esters is 1. The Balaban J connectivity index is 2.46. The lowest BCUT2D eigenvalue weighted by molar-refractivity contribution is -0.137. The van der Waals surface area contributed by atoms with E-state index < -0.39 is 0 Å². The molecule has 2 N–H and O–H groups in total. The maximum atomic E-state index is 11.4. The minimum atomic E-state index is -0.359. The highest BCUT2D eigenvalue weighted by Crippen LogP contribution is 2.31. The zero-order valence-corrected chi connectivity index (χ0v) is 11.1. The topological polar surface area (TPSA) is 65.5 Å². The van der Waals surface area contributed by atoms with E-state index >= 15 is 0 Å². The van der Waals surface area contributed by atoms with E-state index in [4.69, 9.17) is 14.9 Å². The van der Waals surface area contributed by atoms with Crippen molar-refractivity contribution in [2.24, 2.45) is 0 Å². The second kappa shape index (κ2) is 5.61. The molecule has 4 nitrogen and oxygen atoms in total. The summed E-state index contributed by atoms with van der Waals surface area (Å²) in [6.07, 6.45) is 3.87. The molecule has 2 aromatic rings. The number of nitrogens with two attached hydrogens (primary N) is 1. The second-order valence-corrected chi connectivity index (χ2v) is 4.10. The Bertz CT molecular complexity index is 626. The van der Waals surface area contributed by atoms with Crippen LogP contribution in [0, 0.1) is 0 Å². The number of nitrogen functional groups attached to an aromatic ring is 1. The van der Waals surface area contributed by atoms with Crippen molar-refractivity contribution in [3.05, 3.63) is 35.6 Å². The van der Waals surface area contributed by atoms with Gasteiger partial charge in [0.05, 0.1) is 12.3 Å². The van der Waals surface area contributed by atoms with Gasteiger partial charge in [-0.15, -0.1) is 0 Å². The van der Waals surface area contributed by atoms with Crippen LogP contribution in [-0.4, -0.2) is 12.6 Å². The number of hydrogen-bond donors (Lipinski definition) is 1. The van der Waals surface area contributed by atoms with Crippen LogP contribution in [0.25, 0.3) is 17.0 Å². The first kappa shape index (κ1) is 13.2. The second-order valence-electron chi connectivity index (χ2n) is 4.10. The van der Waals surface area contributed by atoms with E-state index in [2.05, 4.69) is 0 Å². The Morgan fingerprint density at radius 3 is 2.89 bits per heavy atom. The van der Waals surface area contributed by atoms with Crippen LogP contribution in [0.3, 0.4) is 0 Å². The summed E-state index contributed by atoms with van der Waals surface area (Å²) in [6, 6.07) is 5.59. The average Bonchev–Trinajstić information content (AvgIpc) is 2.76. The maximum Gasteiger partial charge on any atom is 0.330 e. The molecule has 1 aromatic carbocycles. The summed E-state index contributed by atoms with van der Waals surface area (Å²) in [4.78, 5) is 11.4. The molecule has 0 aliphatic heterocycles. The van der Waals surface area contributed by atoms with Gasteiger partial charge in [0.1, 0.15) is 5.76 Å². The summed E-state index contributed by atoms with van der Waals surface area (Å²) in [5.41, 5.74) is 8.04. The number of aryl methyl sites for hydroxylation is 1. The van der Waals surface area contributed by atoms with Gasteiger partial charge in [-0.05, 0) is 19.1 Å². The van der Waals surface area contributed by atoms with E-state index in [1.165, 1.54) is 6.08 Å². The molecule has 0 radical (unpaired) electrons. The van der Waals surface area contributed by atoms with E-state index in [9.17, 15) is 4.79 Å². The lowest BCUT2D eigenvalue weighted by atomic mass is 10.1. The normalized spacial score (nSPS) is 11.3. The SMILES string of the molecule is CCOC(=O)C=Cc1c(CC)oc2c(N)cccc12. The number of carbonyl (C=O) groups is 1. The first-order chi connectivity index (χ1) is 9.17. The van der Waals surface area contributed by atoms with Gasteiger partial charge in [0.2, 0.25) is 0 Å². The molecule has 0 unspecified atom stereocenters. The van der Waals surface area contributed by atoms with Crippen molar-refractivity contribution in [2.45, 2.75) is 20.3 Å². The third-order valence-electron chi connectivity index (χ3n) is 2.86. The number of furan rings is 1. The fourth-order valence-corrected chi connectivity index (χ4v) is 2.00. The molecule has 0 spiro atoms. The molecule has 0 saturated heterocycles. The van der Waals surface area contributed by atoms with Gasteiger partial charge in [0, 0.05) is 23.4 Å². The smallest absolute Gasteiger partial charge is 0.330 e. The van der Waals surface area contributed by atoms with Gasteiger partial charge in [0.25, 0.3) is 0 Å². The molecule has 0 aliphatic carbocycles. The van der Waals surface area contributed by atoms with Crippen LogP contribution in [0.4, 0.5) is 5.69 Å². The third kappa shape index (κ3) is 2.62. The summed E-state index contributed by atoms with van der Waals surface area (Å²) in [5.74, 6) is 0.455. The van der Waals surface area contributed by atoms with Crippen molar-refractivity contribution in [1.82, 2.24) is 0 Å². The third-order valence-corrected chi connectivity index (χ3v) is 2.86. The Morgan fingerprint density at radius 1 is 1.42 bits per heavy atom. The molecule has 100 valence electrons. The van der Waals surface area contributed by atoms with Gasteiger partial charge in [-0.2, -0.15) is 0 Å². The predicted molar refractivity (Wildman–Crippen MR) is 75.7 cm³/mol. The fourth-order valence-electron chi connectivity index (χ4n) is 2.00. The summed E-state index contributed by atoms with van der Waals surface area (Å²) in [5, 5.41) is 0.914. The van der Waals surface area contributed by atoms with Gasteiger partial charge in [-0.1, -0.05) is 19.1 Å². The van der Waals surface area contributed by atoms with E-state index in [1.807, 2.05) is 19.1 Å². The average molecular weight is 259 g/mol. The van der Waals surface area contributed by atoms with Crippen molar-refractivity contribution in [3.63, 3.8) is 0 Å². The minimum Gasteiger partial charge on any atom is -0.463 e. The van der Waals surface area contributed by atoms with Crippen LogP contribution < -0.4 is 5.73 Å². The first-order valence-electron chi connectivity index (χ1n) is 6.32. The zero-order chi connectivity index (χ0) is 13.8. The standard InChI is InChI=1S/C15H17NO3/c1-3-13-10(8-9-14(17)18-4-2)11-6-5-7-12(16)15(11)19-13/h5-9H,3-4,16H2,1-2H3. The number of fused-ring (bicyclic) bond motifs is 1. The molecule has 0 amide bonds. The molecular formula is C15H17NO3. The largest absolute Gasteiger partial charge is 0.463 e. The molecule has 0 atom stereocenters. The number of anilines is 1. The lowest BCUT2D eigenvalue weighted by Gasteiger charge is -1.96. The van der Waals surface area contributed by atoms with Gasteiger partial charge >= 0.3 is 5.97 Å². The van der Waals surface area contributed by atoms with Crippen molar-refractivity contribution in [2.75, 3.05) is 12.3 Å². The van der Waals surface area contributed by atoms with Gasteiger partial charge < -0.3 is 14.9 Å². The number of ether oxygens (including phenoxy) is 1. The Hall–Kier alpha value is -2.23. The van der Waals surface area contributed by atoms with Crippen LogP contribution >= 0.6 is 0 Å². The number of carbonyl (C=O) groups excluding carboxylic acids is 1. The highest BCUT2D eigenvalue weighted by atomic mass is 16.5. The van der Waals surface area contributed by atoms with E-state index in [0.717, 1.165) is 23.1 Å². The van der Waals surface area contributed by atoms with E-state index in [1.54, 1.807) is 19.1 Å². The lowest BCUT2D eigenvalue weighted by Crippen LogP contribution is -1.98. The highest BCUT2D eigenvalue weighted by molar-refractivity contribution is 5.98. The molecule has 1 heterocycles. The molecule has 2 rings (SSSR count). The molecule has 4 heteroatoms. The summed E-state index contributed by atoms with van der Waals surface area (Å²) in [6.45, 7) is 4.13. The van der Waals surface area contributed by atoms with Crippen molar-refractivity contribution < 1.29 is 13.9 Å². The fraction of sp³-hybridized carbons (Fsp3) is 0.267. The van der Waals surface area contributed by atoms with Crippen LogP contribution in [-0.2, 0) is 16.0 Å². The van der Waals surface area contributed by atoms with E-state index in [-0.39, 0.29) is 5.97 Å². The maximum absolute atomic E-state index is 11.4. The van der Waals surface area contributed by atoms with Crippen LogP contribution in [0.5, 0.6) is 0 Å². The van der Waals surface area contributed by atoms with Crippen LogP contribution in [0.1, 0.15) is 25.2 Å². The summed E-state index contributed by atoms with van der Waals surface area (Å²) in [7, 11) is 0. The molecule has 1 aromatic heterocycles. The Morgan fingerprint density at radius 2 is 2.21 bits per heavy atom. The molecule has 0 saturated carbocycles. The van der Waals surface area contributed by atoms with Gasteiger partial charge in [-0.25, -0.2) is 4.79 Å². The van der Waals surface area contributed by atoms with E-state index in [0.29, 0.717) is 17.9 Å². The molecular weight excluding hydrogens is 242 g/mol. The number of rotatable bonds is 4. The molecule has 0 aliphatic rings. The van der Waals surface area contributed by atoms with Gasteiger partial charge in [0.15, 0.2) is 5.58 Å². The Labute approximate surface area is 111 Å². The monoisotopic (exact) mass is 259 g/mol. The van der Waals surface area contributed by atoms with Crippen LogP contribution in [0.2, 0.25) is 0 Å². The Kier molecular flexibility index (Phi) is 3.90. The number of benzene rings is 1. The van der Waals surface area contributed by atoms with Crippen LogP contribution in [0.15, 0.2) is 28.7 Å². The zero-order valence-electron chi connectivity index (χ0n) is 11.1. The van der Waals surface area contributed by atoms with Crippen molar-refractivity contribution in [3.8, 4) is 0 Å². The molecule has 0 bridgehead atoms.